The van der Waals surface area contributed by atoms with Gasteiger partial charge in [0.2, 0.25) is 0 Å². The highest BCUT2D eigenvalue weighted by Gasteiger charge is 2.10. The Labute approximate surface area is 218 Å². The van der Waals surface area contributed by atoms with Crippen LogP contribution in [0.4, 0.5) is 0 Å². The fraction of sp³-hybridized carbons (Fsp3) is 0.781. The molecule has 0 saturated carbocycles. The van der Waals surface area contributed by atoms with Gasteiger partial charge >= 0.3 is 0 Å². The number of hydrogen-bond donors (Lipinski definition) is 0. The van der Waals surface area contributed by atoms with Crippen molar-refractivity contribution in [1.29, 1.82) is 0 Å². The molecule has 0 atom stereocenters. The SMILES string of the molecule is CCCCCCCCCCCCCCCCCCCCCc1nc2ccccc2n1CCN(C)C. The van der Waals surface area contributed by atoms with Crippen LogP contribution in [0.2, 0.25) is 0 Å². The minimum Gasteiger partial charge on any atom is -0.327 e. The van der Waals surface area contributed by atoms with Crippen LogP contribution >= 0.6 is 0 Å². The Balaban J connectivity index is 1.42. The molecule has 0 N–H and O–H groups in total. The molecule has 0 fully saturated rings. The zero-order valence-electron chi connectivity index (χ0n) is 23.7. The largest absolute Gasteiger partial charge is 0.327 e. The normalized spacial score (nSPS) is 11.8. The van der Waals surface area contributed by atoms with E-state index >= 15 is 0 Å². The van der Waals surface area contributed by atoms with Crippen molar-refractivity contribution in [2.45, 2.75) is 142 Å². The second-order valence-electron chi connectivity index (χ2n) is 11.1. The summed E-state index contributed by atoms with van der Waals surface area (Å²) < 4.78 is 2.45. The van der Waals surface area contributed by atoms with E-state index in [2.05, 4.69) is 54.8 Å². The van der Waals surface area contributed by atoms with Crippen LogP contribution in [0.5, 0.6) is 0 Å². The Hall–Kier alpha value is -1.35. The van der Waals surface area contributed by atoms with Crippen molar-refractivity contribution in [1.82, 2.24) is 14.5 Å². The number of rotatable bonds is 23. The lowest BCUT2D eigenvalue weighted by Crippen LogP contribution is -2.19. The van der Waals surface area contributed by atoms with Gasteiger partial charge in [0, 0.05) is 19.5 Å². The fourth-order valence-electron chi connectivity index (χ4n) is 5.23. The molecule has 1 heterocycles. The molecule has 3 heteroatoms. The lowest BCUT2D eigenvalue weighted by molar-refractivity contribution is 0.383. The summed E-state index contributed by atoms with van der Waals surface area (Å²) in [7, 11) is 4.30. The predicted octanol–water partition coefficient (Wildman–Crippen LogP) is 9.57. The smallest absolute Gasteiger partial charge is 0.109 e. The van der Waals surface area contributed by atoms with E-state index in [0.717, 1.165) is 25.0 Å². The molecule has 200 valence electrons. The summed E-state index contributed by atoms with van der Waals surface area (Å²) in [5.74, 6) is 1.28. The maximum Gasteiger partial charge on any atom is 0.109 e. The first-order chi connectivity index (χ1) is 17.2. The van der Waals surface area contributed by atoms with E-state index in [1.54, 1.807) is 0 Å². The van der Waals surface area contributed by atoms with Crippen LogP contribution in [-0.2, 0) is 13.0 Å². The number of benzene rings is 1. The second kappa shape index (κ2) is 19.8. The van der Waals surface area contributed by atoms with Crippen molar-refractivity contribution in [2.24, 2.45) is 0 Å². The number of nitrogens with zero attached hydrogens (tertiary/aromatic N) is 3. The summed E-state index contributed by atoms with van der Waals surface area (Å²) in [4.78, 5) is 7.21. The van der Waals surface area contributed by atoms with E-state index in [-0.39, 0.29) is 0 Å². The molecule has 0 unspecified atom stereocenters. The van der Waals surface area contributed by atoms with Gasteiger partial charge in [-0.2, -0.15) is 0 Å². The molecule has 1 aromatic carbocycles. The molecule has 0 radical (unpaired) electrons. The summed E-state index contributed by atoms with van der Waals surface area (Å²) in [5, 5.41) is 0. The van der Waals surface area contributed by atoms with Crippen LogP contribution in [-0.4, -0.2) is 35.1 Å². The molecule has 0 saturated heterocycles. The average Bonchev–Trinajstić information content (AvgIpc) is 3.21. The van der Waals surface area contributed by atoms with E-state index < -0.39 is 0 Å². The highest BCUT2D eigenvalue weighted by Crippen LogP contribution is 2.19. The average molecular weight is 484 g/mol. The second-order valence-corrected chi connectivity index (χ2v) is 11.1. The third-order valence-electron chi connectivity index (χ3n) is 7.51. The van der Waals surface area contributed by atoms with E-state index in [4.69, 9.17) is 4.98 Å². The van der Waals surface area contributed by atoms with Gasteiger partial charge in [0.25, 0.3) is 0 Å². The van der Waals surface area contributed by atoms with Crippen molar-refractivity contribution < 1.29 is 0 Å². The van der Waals surface area contributed by atoms with Crippen molar-refractivity contribution in [2.75, 3.05) is 20.6 Å². The topological polar surface area (TPSA) is 21.1 Å². The maximum absolute atomic E-state index is 4.95. The van der Waals surface area contributed by atoms with Crippen molar-refractivity contribution in [3.63, 3.8) is 0 Å². The van der Waals surface area contributed by atoms with Crippen molar-refractivity contribution in [3.05, 3.63) is 30.1 Å². The molecular formula is C32H57N3. The highest BCUT2D eigenvalue weighted by atomic mass is 15.1. The maximum atomic E-state index is 4.95. The van der Waals surface area contributed by atoms with Crippen LogP contribution in [0.3, 0.4) is 0 Å². The third-order valence-corrected chi connectivity index (χ3v) is 7.51. The van der Waals surface area contributed by atoms with Crippen LogP contribution in [0.1, 0.15) is 135 Å². The van der Waals surface area contributed by atoms with Crippen LogP contribution in [0.15, 0.2) is 24.3 Å². The molecular weight excluding hydrogens is 426 g/mol. The van der Waals surface area contributed by atoms with Gasteiger partial charge in [0.15, 0.2) is 0 Å². The molecule has 35 heavy (non-hydrogen) atoms. The number of hydrogen-bond acceptors (Lipinski definition) is 2. The molecule has 3 nitrogen and oxygen atoms in total. The van der Waals surface area contributed by atoms with Crippen molar-refractivity contribution in [3.8, 4) is 0 Å². The summed E-state index contributed by atoms with van der Waals surface area (Å²) in [6.45, 7) is 4.39. The molecule has 0 aliphatic carbocycles. The van der Waals surface area contributed by atoms with Gasteiger partial charge in [-0.05, 0) is 32.6 Å². The first kappa shape index (κ1) is 29.9. The Morgan fingerprint density at radius 3 is 1.57 bits per heavy atom. The minimum absolute atomic E-state index is 1.03. The van der Waals surface area contributed by atoms with Crippen LogP contribution in [0.25, 0.3) is 11.0 Å². The van der Waals surface area contributed by atoms with Crippen molar-refractivity contribution >= 4 is 11.0 Å². The summed E-state index contributed by atoms with van der Waals surface area (Å²) in [6, 6.07) is 8.61. The Bertz CT molecular complexity index is 748. The Morgan fingerprint density at radius 2 is 1.09 bits per heavy atom. The lowest BCUT2D eigenvalue weighted by Gasteiger charge is -2.13. The third kappa shape index (κ3) is 13.5. The number of imidazole rings is 1. The van der Waals surface area contributed by atoms with Crippen LogP contribution in [0, 0.1) is 0 Å². The molecule has 0 amide bonds. The number of aromatic nitrogens is 2. The van der Waals surface area contributed by atoms with E-state index in [1.165, 1.54) is 133 Å². The zero-order valence-corrected chi connectivity index (χ0v) is 23.7. The first-order valence-electron chi connectivity index (χ1n) is 15.3. The van der Waals surface area contributed by atoms with E-state index in [1.807, 2.05) is 0 Å². The van der Waals surface area contributed by atoms with Gasteiger partial charge < -0.3 is 9.47 Å². The monoisotopic (exact) mass is 483 g/mol. The van der Waals surface area contributed by atoms with Gasteiger partial charge in [-0.15, -0.1) is 0 Å². The number of likely N-dealkylation sites (N-methyl/N-ethyl adjacent to an activating group) is 1. The Kier molecular flexibility index (Phi) is 16.9. The quantitative estimate of drug-likeness (QED) is 0.147. The first-order valence-corrected chi connectivity index (χ1v) is 15.3. The van der Waals surface area contributed by atoms with E-state index in [0.29, 0.717) is 0 Å². The van der Waals surface area contributed by atoms with Gasteiger partial charge in [-0.1, -0.05) is 135 Å². The van der Waals surface area contributed by atoms with Gasteiger partial charge in [0.1, 0.15) is 5.82 Å². The predicted molar refractivity (Wildman–Crippen MR) is 155 cm³/mol. The molecule has 2 aromatic rings. The summed E-state index contributed by atoms with van der Waals surface area (Å²) in [5.41, 5.74) is 2.45. The minimum atomic E-state index is 1.03. The number of fused-ring (bicyclic) bond motifs is 1. The van der Waals surface area contributed by atoms with Gasteiger partial charge in [0.05, 0.1) is 11.0 Å². The Morgan fingerprint density at radius 1 is 0.629 bits per heavy atom. The van der Waals surface area contributed by atoms with Gasteiger partial charge in [-0.25, -0.2) is 4.98 Å². The number of aryl methyl sites for hydroxylation is 1. The lowest BCUT2D eigenvalue weighted by atomic mass is 10.0. The van der Waals surface area contributed by atoms with Gasteiger partial charge in [-0.3, -0.25) is 0 Å². The standard InChI is InChI=1S/C32H57N3/c1-4-5-6-7-8-9-10-11-12-13-14-15-16-17-18-19-20-21-22-27-32-33-30-25-23-24-26-31(30)35(32)29-28-34(2)3/h23-26H,4-22,27-29H2,1-3H3. The summed E-state index contributed by atoms with van der Waals surface area (Å²) >= 11 is 0. The molecule has 1 aromatic heterocycles. The summed E-state index contributed by atoms with van der Waals surface area (Å²) in [6.07, 6.45) is 28.3. The van der Waals surface area contributed by atoms with Crippen LogP contribution < -0.4 is 0 Å². The molecule has 0 bridgehead atoms. The molecule has 0 spiro atoms. The zero-order chi connectivity index (χ0) is 25.0. The number of unbranched alkanes of at least 4 members (excludes halogenated alkanes) is 18. The molecule has 2 rings (SSSR count). The van der Waals surface area contributed by atoms with E-state index in [9.17, 15) is 0 Å². The molecule has 0 aliphatic heterocycles. The fourth-order valence-corrected chi connectivity index (χ4v) is 5.23. The molecule has 0 aliphatic rings. The highest BCUT2D eigenvalue weighted by molar-refractivity contribution is 5.75. The number of para-hydroxylation sites is 2.